The van der Waals surface area contributed by atoms with Crippen LogP contribution in [0.2, 0.25) is 0 Å². The van der Waals surface area contributed by atoms with Crippen molar-refractivity contribution >= 4 is 17.2 Å². The number of nitrogens with zero attached hydrogens (tertiary/aromatic N) is 6. The lowest BCUT2D eigenvalue weighted by atomic mass is 9.99. The number of rotatable bonds is 8. The van der Waals surface area contributed by atoms with Crippen LogP contribution in [0.4, 0.5) is 5.69 Å². The van der Waals surface area contributed by atoms with Crippen molar-refractivity contribution in [3.8, 4) is 5.88 Å². The van der Waals surface area contributed by atoms with Crippen LogP contribution in [0.5, 0.6) is 5.88 Å². The van der Waals surface area contributed by atoms with Crippen LogP contribution in [0.25, 0.3) is 5.57 Å². The lowest BCUT2D eigenvalue weighted by Gasteiger charge is -2.36. The Morgan fingerprint density at radius 3 is 2.71 bits per heavy atom. The second kappa shape index (κ2) is 11.0. The topological polar surface area (TPSA) is 88.4 Å². The molecular weight excluding hydrogens is 478 g/mol. The molecule has 0 spiro atoms. The van der Waals surface area contributed by atoms with Gasteiger partial charge in [-0.1, -0.05) is 25.1 Å². The molecule has 1 N–H and O–H groups in total. The number of methoxy groups -OCH3 is 1. The first kappa shape index (κ1) is 26.1. The Bertz CT molecular complexity index is 1350. The Morgan fingerprint density at radius 1 is 1.18 bits per heavy atom. The highest BCUT2D eigenvalue weighted by Crippen LogP contribution is 2.37. The van der Waals surface area contributed by atoms with Crippen LogP contribution in [-0.2, 0) is 24.7 Å². The number of hydrogen-bond acceptors (Lipinski definition) is 7. The van der Waals surface area contributed by atoms with Crippen molar-refractivity contribution in [3.05, 3.63) is 70.4 Å². The predicted molar refractivity (Wildman–Crippen MR) is 148 cm³/mol. The molecule has 0 unspecified atom stereocenters. The van der Waals surface area contributed by atoms with E-state index in [2.05, 4.69) is 51.3 Å². The van der Waals surface area contributed by atoms with E-state index in [9.17, 15) is 4.79 Å². The first-order chi connectivity index (χ1) is 18.4. The van der Waals surface area contributed by atoms with Crippen molar-refractivity contribution < 1.29 is 9.53 Å². The summed E-state index contributed by atoms with van der Waals surface area (Å²) in [6.45, 7) is 7.95. The summed E-state index contributed by atoms with van der Waals surface area (Å²) >= 11 is 0. The second-order valence-electron chi connectivity index (χ2n) is 10.2. The molecule has 1 aliphatic heterocycles. The van der Waals surface area contributed by atoms with E-state index in [4.69, 9.17) is 9.72 Å². The number of piperazine rings is 1. The minimum Gasteiger partial charge on any atom is -0.480 e. The smallest absolute Gasteiger partial charge is 0.241 e. The molecule has 38 heavy (non-hydrogen) atoms. The number of allylic oxidation sites excluding steroid dienone is 1. The number of carbonyl (C=O) groups is 1. The second-order valence-corrected chi connectivity index (χ2v) is 10.2. The Kier molecular flexibility index (Phi) is 7.58. The Hall–Kier alpha value is -3.56. The monoisotopic (exact) mass is 515 g/mol. The fourth-order valence-corrected chi connectivity index (χ4v) is 5.49. The molecule has 3 aromatic rings. The van der Waals surface area contributed by atoms with E-state index >= 15 is 0 Å². The van der Waals surface area contributed by atoms with E-state index in [1.807, 2.05) is 38.5 Å². The maximum Gasteiger partial charge on any atom is 0.241 e. The lowest BCUT2D eigenvalue weighted by molar-refractivity contribution is -0.122. The third kappa shape index (κ3) is 5.21. The van der Waals surface area contributed by atoms with Gasteiger partial charge in [0.2, 0.25) is 11.8 Å². The maximum absolute atomic E-state index is 13.4. The van der Waals surface area contributed by atoms with Gasteiger partial charge in [-0.2, -0.15) is 0 Å². The van der Waals surface area contributed by atoms with Gasteiger partial charge < -0.3 is 15.0 Å². The fourth-order valence-electron chi connectivity index (χ4n) is 5.49. The van der Waals surface area contributed by atoms with Crippen molar-refractivity contribution in [1.82, 2.24) is 29.5 Å². The number of fused-ring (bicyclic) bond motifs is 1. The molecular formula is C29H37N7O2. The molecule has 1 atom stereocenters. The largest absolute Gasteiger partial charge is 0.480 e. The first-order valence-electron chi connectivity index (χ1n) is 13.3. The average Bonchev–Trinajstić information content (AvgIpc) is 3.50. The number of benzene rings is 1. The van der Waals surface area contributed by atoms with Gasteiger partial charge in [0.15, 0.2) is 0 Å². The van der Waals surface area contributed by atoms with Crippen LogP contribution in [-0.4, -0.2) is 81.8 Å². The number of amides is 1. The number of anilines is 1. The highest BCUT2D eigenvalue weighted by molar-refractivity contribution is 5.97. The average molecular weight is 516 g/mol. The molecule has 0 bridgehead atoms. The van der Waals surface area contributed by atoms with Crippen LogP contribution in [0, 0.1) is 6.92 Å². The van der Waals surface area contributed by atoms with Gasteiger partial charge >= 0.3 is 0 Å². The zero-order valence-corrected chi connectivity index (χ0v) is 23.0. The Morgan fingerprint density at radius 2 is 1.97 bits per heavy atom. The molecule has 0 radical (unpaired) electrons. The molecule has 1 amide bonds. The molecule has 1 aliphatic carbocycles. The van der Waals surface area contributed by atoms with Gasteiger partial charge in [-0.15, -0.1) is 5.10 Å². The summed E-state index contributed by atoms with van der Waals surface area (Å²) in [7, 11) is 5.63. The highest BCUT2D eigenvalue weighted by Gasteiger charge is 2.28. The van der Waals surface area contributed by atoms with Crippen LogP contribution < -0.4 is 10.1 Å². The number of aryl methyl sites for hydroxylation is 2. The van der Waals surface area contributed by atoms with Crippen molar-refractivity contribution in [2.24, 2.45) is 7.05 Å². The van der Waals surface area contributed by atoms with Gasteiger partial charge in [0, 0.05) is 68.9 Å². The number of carbonyl (C=O) groups excluding carboxylic acids is 1. The van der Waals surface area contributed by atoms with E-state index < -0.39 is 0 Å². The van der Waals surface area contributed by atoms with E-state index in [1.54, 1.807) is 11.8 Å². The summed E-state index contributed by atoms with van der Waals surface area (Å²) in [6.07, 6.45) is 8.10. The molecule has 200 valence electrons. The van der Waals surface area contributed by atoms with Gasteiger partial charge in [-0.3, -0.25) is 14.4 Å². The Labute approximate surface area is 224 Å². The summed E-state index contributed by atoms with van der Waals surface area (Å²) in [5.74, 6) is 1.38. The van der Waals surface area contributed by atoms with Gasteiger partial charge in [0.25, 0.3) is 0 Å². The number of nitrogens with one attached hydrogen (secondary N) is 1. The first-order valence-corrected chi connectivity index (χ1v) is 13.3. The molecule has 3 heterocycles. The SMILES string of the molecule is CC[C@@H](C(=O)Nc1cccc2c1CC=C2c1nc(Cc2cn(C)nc2OC)ncc1C)N1CCN(C)CC1. The van der Waals surface area contributed by atoms with Crippen molar-refractivity contribution in [1.29, 1.82) is 0 Å². The fraction of sp³-hybridized carbons (Fsp3) is 0.448. The minimum atomic E-state index is -0.121. The van der Waals surface area contributed by atoms with Crippen LogP contribution in [0.3, 0.4) is 0 Å². The molecule has 1 saturated heterocycles. The molecule has 9 heteroatoms. The van der Waals surface area contributed by atoms with Crippen LogP contribution in [0.15, 0.2) is 36.7 Å². The van der Waals surface area contributed by atoms with Gasteiger partial charge in [-0.25, -0.2) is 9.97 Å². The molecule has 0 saturated carbocycles. The number of likely N-dealkylation sites (N-methyl/N-ethyl adjacent to an activating group) is 1. The molecule has 1 fully saturated rings. The molecule has 1 aromatic carbocycles. The summed E-state index contributed by atoms with van der Waals surface area (Å²) < 4.78 is 7.15. The summed E-state index contributed by atoms with van der Waals surface area (Å²) in [4.78, 5) is 27.6. The normalized spacial score (nSPS) is 16.7. The van der Waals surface area contributed by atoms with Crippen LogP contribution >= 0.6 is 0 Å². The minimum absolute atomic E-state index is 0.0739. The maximum atomic E-state index is 13.4. The standard InChI is InChI=1S/C29H37N7O2/c1-6-25(36-14-12-34(3)13-15-36)28(37)31-24-9-7-8-21-22(24)10-11-23(21)27-19(2)17-30-26(32-27)16-20-18-35(4)33-29(20)38-5/h7-9,11,17-18,25H,6,10,12-16H2,1-5H3,(H,31,37)/t25-/m0/s1. The lowest BCUT2D eigenvalue weighted by Crippen LogP contribution is -2.52. The predicted octanol–water partition coefficient (Wildman–Crippen LogP) is 3.07. The van der Waals surface area contributed by atoms with Gasteiger partial charge in [0.05, 0.1) is 18.8 Å². The quantitative estimate of drug-likeness (QED) is 0.493. The van der Waals surface area contributed by atoms with E-state index in [1.165, 1.54) is 0 Å². The highest BCUT2D eigenvalue weighted by atomic mass is 16.5. The summed E-state index contributed by atoms with van der Waals surface area (Å²) in [5, 5.41) is 7.61. The van der Waals surface area contributed by atoms with Gasteiger partial charge in [-0.05, 0) is 49.6 Å². The number of aromatic nitrogens is 4. The van der Waals surface area contributed by atoms with Crippen molar-refractivity contribution in [2.75, 3.05) is 45.7 Å². The van der Waals surface area contributed by atoms with Crippen molar-refractivity contribution in [2.45, 2.75) is 39.2 Å². The summed E-state index contributed by atoms with van der Waals surface area (Å²) in [6, 6.07) is 6.02. The number of ether oxygens (including phenoxy) is 1. The van der Waals surface area contributed by atoms with E-state index in [0.29, 0.717) is 18.1 Å². The Balaban J connectivity index is 1.37. The zero-order valence-electron chi connectivity index (χ0n) is 23.0. The molecule has 5 rings (SSSR count). The summed E-state index contributed by atoms with van der Waals surface area (Å²) in [5.41, 5.74) is 7.10. The zero-order chi connectivity index (χ0) is 26.8. The van der Waals surface area contributed by atoms with Gasteiger partial charge in [0.1, 0.15) is 5.82 Å². The third-order valence-electron chi connectivity index (χ3n) is 7.59. The molecule has 2 aromatic heterocycles. The van der Waals surface area contributed by atoms with E-state index in [-0.39, 0.29) is 11.9 Å². The third-order valence-corrected chi connectivity index (χ3v) is 7.59. The number of hydrogen-bond donors (Lipinski definition) is 1. The molecule has 2 aliphatic rings. The van der Waals surface area contributed by atoms with Crippen molar-refractivity contribution in [3.63, 3.8) is 0 Å². The molecule has 9 nitrogen and oxygen atoms in total. The van der Waals surface area contributed by atoms with E-state index in [0.717, 1.165) is 78.2 Å². The van der Waals surface area contributed by atoms with Crippen LogP contribution in [0.1, 0.15) is 47.1 Å².